The minimum Gasteiger partial charge on any atom is -0.496 e. The second-order valence-electron chi connectivity index (χ2n) is 3.93. The summed E-state index contributed by atoms with van der Waals surface area (Å²) in [5.41, 5.74) is 7.66. The van der Waals surface area contributed by atoms with Gasteiger partial charge in [0.1, 0.15) is 11.6 Å². The van der Waals surface area contributed by atoms with E-state index >= 15 is 0 Å². The highest BCUT2D eigenvalue weighted by Gasteiger charge is 2.10. The topological polar surface area (TPSA) is 48.1 Å². The van der Waals surface area contributed by atoms with Gasteiger partial charge in [-0.05, 0) is 30.2 Å². The Bertz CT molecular complexity index is 555. The molecule has 0 fully saturated rings. The SMILES string of the molecule is CCCc1cc2c(OC)ccc(Cl)c2nc1N. The van der Waals surface area contributed by atoms with Gasteiger partial charge in [0.05, 0.1) is 17.6 Å². The molecule has 0 saturated heterocycles. The van der Waals surface area contributed by atoms with Crippen molar-refractivity contribution in [1.82, 2.24) is 4.98 Å². The van der Waals surface area contributed by atoms with Crippen LogP contribution < -0.4 is 10.5 Å². The molecule has 4 heteroatoms. The first kappa shape index (κ1) is 12.0. The van der Waals surface area contributed by atoms with Gasteiger partial charge in [-0.15, -0.1) is 0 Å². The van der Waals surface area contributed by atoms with Crippen LogP contribution in [-0.2, 0) is 6.42 Å². The highest BCUT2D eigenvalue weighted by Crippen LogP contribution is 2.32. The summed E-state index contributed by atoms with van der Waals surface area (Å²) in [5.74, 6) is 1.32. The molecule has 90 valence electrons. The van der Waals surface area contributed by atoms with E-state index < -0.39 is 0 Å². The summed E-state index contributed by atoms with van der Waals surface area (Å²) in [6.07, 6.45) is 1.94. The lowest BCUT2D eigenvalue weighted by Gasteiger charge is -2.10. The number of fused-ring (bicyclic) bond motifs is 1. The highest BCUT2D eigenvalue weighted by atomic mass is 35.5. The number of anilines is 1. The van der Waals surface area contributed by atoms with Gasteiger partial charge in [-0.1, -0.05) is 24.9 Å². The molecule has 0 aliphatic carbocycles. The standard InChI is InChI=1S/C13H15ClN2O/c1-3-4-8-7-9-11(17-2)6-5-10(14)12(9)16-13(8)15/h5-7H,3-4H2,1-2H3,(H2,15,16). The minimum absolute atomic E-state index is 0.550. The Balaban J connectivity index is 2.73. The Morgan fingerprint density at radius 1 is 1.41 bits per heavy atom. The fourth-order valence-electron chi connectivity index (χ4n) is 1.90. The van der Waals surface area contributed by atoms with E-state index in [4.69, 9.17) is 22.1 Å². The van der Waals surface area contributed by atoms with E-state index in [0.717, 1.165) is 29.5 Å². The third-order valence-electron chi connectivity index (χ3n) is 2.75. The van der Waals surface area contributed by atoms with Crippen LogP contribution in [0.3, 0.4) is 0 Å². The quantitative estimate of drug-likeness (QED) is 0.908. The summed E-state index contributed by atoms with van der Waals surface area (Å²) in [6, 6.07) is 5.64. The number of aromatic nitrogens is 1. The molecule has 0 aliphatic heterocycles. The molecule has 1 aromatic carbocycles. The van der Waals surface area contributed by atoms with E-state index in [1.807, 2.05) is 12.1 Å². The van der Waals surface area contributed by atoms with Crippen molar-refractivity contribution in [3.05, 3.63) is 28.8 Å². The Morgan fingerprint density at radius 2 is 2.18 bits per heavy atom. The number of nitrogens with two attached hydrogens (primary N) is 1. The first-order valence-electron chi connectivity index (χ1n) is 5.59. The zero-order valence-electron chi connectivity index (χ0n) is 9.96. The predicted molar refractivity (Wildman–Crippen MR) is 71.7 cm³/mol. The number of pyridine rings is 1. The zero-order valence-corrected chi connectivity index (χ0v) is 10.7. The van der Waals surface area contributed by atoms with E-state index in [1.54, 1.807) is 13.2 Å². The van der Waals surface area contributed by atoms with E-state index in [0.29, 0.717) is 16.4 Å². The molecule has 17 heavy (non-hydrogen) atoms. The smallest absolute Gasteiger partial charge is 0.128 e. The van der Waals surface area contributed by atoms with Crippen LogP contribution in [0.4, 0.5) is 5.82 Å². The number of rotatable bonds is 3. The lowest BCUT2D eigenvalue weighted by molar-refractivity contribution is 0.419. The highest BCUT2D eigenvalue weighted by molar-refractivity contribution is 6.35. The van der Waals surface area contributed by atoms with E-state index in [2.05, 4.69) is 11.9 Å². The molecule has 2 aromatic rings. The average molecular weight is 251 g/mol. The molecule has 2 N–H and O–H groups in total. The van der Waals surface area contributed by atoms with Crippen molar-refractivity contribution in [2.24, 2.45) is 0 Å². The number of hydrogen-bond donors (Lipinski definition) is 1. The second-order valence-corrected chi connectivity index (χ2v) is 4.34. The molecule has 2 rings (SSSR count). The van der Waals surface area contributed by atoms with Crippen molar-refractivity contribution in [3.8, 4) is 5.75 Å². The molecule has 0 saturated carbocycles. The van der Waals surface area contributed by atoms with Crippen LogP contribution in [-0.4, -0.2) is 12.1 Å². The van der Waals surface area contributed by atoms with Crippen LogP contribution in [0.15, 0.2) is 18.2 Å². The van der Waals surface area contributed by atoms with Gasteiger partial charge in [0.2, 0.25) is 0 Å². The molecule has 1 aromatic heterocycles. The minimum atomic E-state index is 0.550. The maximum absolute atomic E-state index is 6.11. The lowest BCUT2D eigenvalue weighted by atomic mass is 10.1. The normalized spacial score (nSPS) is 10.8. The predicted octanol–water partition coefficient (Wildman–Crippen LogP) is 3.43. The van der Waals surface area contributed by atoms with Gasteiger partial charge >= 0.3 is 0 Å². The Hall–Kier alpha value is -1.48. The third-order valence-corrected chi connectivity index (χ3v) is 3.05. The van der Waals surface area contributed by atoms with E-state index in [-0.39, 0.29) is 0 Å². The fourth-order valence-corrected chi connectivity index (χ4v) is 2.11. The average Bonchev–Trinajstić information content (AvgIpc) is 2.32. The molecule has 3 nitrogen and oxygen atoms in total. The van der Waals surface area contributed by atoms with Crippen LogP contribution in [0.5, 0.6) is 5.75 Å². The fraction of sp³-hybridized carbons (Fsp3) is 0.308. The van der Waals surface area contributed by atoms with Gasteiger partial charge in [0.15, 0.2) is 0 Å². The zero-order chi connectivity index (χ0) is 12.4. The molecule has 0 aliphatic rings. The monoisotopic (exact) mass is 250 g/mol. The summed E-state index contributed by atoms with van der Waals surface area (Å²) in [5, 5.41) is 1.51. The molecule has 0 amide bonds. The first-order valence-corrected chi connectivity index (χ1v) is 5.96. The first-order chi connectivity index (χ1) is 8.17. The molecule has 0 bridgehead atoms. The van der Waals surface area contributed by atoms with Crippen molar-refractivity contribution in [2.45, 2.75) is 19.8 Å². The number of ether oxygens (including phenoxy) is 1. The van der Waals surface area contributed by atoms with Crippen LogP contribution in [0, 0.1) is 0 Å². The van der Waals surface area contributed by atoms with Crippen LogP contribution in [0.1, 0.15) is 18.9 Å². The summed E-state index contributed by atoms with van der Waals surface area (Å²) in [4.78, 5) is 4.37. The van der Waals surface area contributed by atoms with Crippen LogP contribution in [0.2, 0.25) is 5.02 Å². The van der Waals surface area contributed by atoms with Gasteiger partial charge in [-0.3, -0.25) is 0 Å². The van der Waals surface area contributed by atoms with Gasteiger partial charge in [0.25, 0.3) is 0 Å². The summed E-state index contributed by atoms with van der Waals surface area (Å²) in [7, 11) is 1.64. The van der Waals surface area contributed by atoms with E-state index in [9.17, 15) is 0 Å². The van der Waals surface area contributed by atoms with Crippen molar-refractivity contribution in [1.29, 1.82) is 0 Å². The maximum atomic E-state index is 6.11. The third kappa shape index (κ3) is 2.15. The Morgan fingerprint density at radius 3 is 2.82 bits per heavy atom. The number of aryl methyl sites for hydroxylation is 1. The van der Waals surface area contributed by atoms with E-state index in [1.165, 1.54) is 0 Å². The number of hydrogen-bond acceptors (Lipinski definition) is 3. The summed E-state index contributed by atoms with van der Waals surface area (Å²) < 4.78 is 5.32. The van der Waals surface area contributed by atoms with Crippen molar-refractivity contribution in [3.63, 3.8) is 0 Å². The van der Waals surface area contributed by atoms with Crippen molar-refractivity contribution < 1.29 is 4.74 Å². The van der Waals surface area contributed by atoms with Gasteiger partial charge < -0.3 is 10.5 Å². The number of halogens is 1. The van der Waals surface area contributed by atoms with Crippen LogP contribution in [0.25, 0.3) is 10.9 Å². The molecule has 0 atom stereocenters. The molecule has 0 unspecified atom stereocenters. The molecule has 1 heterocycles. The van der Waals surface area contributed by atoms with Gasteiger partial charge in [-0.2, -0.15) is 0 Å². The van der Waals surface area contributed by atoms with Gasteiger partial charge in [0, 0.05) is 5.39 Å². The molecule has 0 spiro atoms. The number of nitrogen functional groups attached to an aromatic ring is 1. The summed E-state index contributed by atoms with van der Waals surface area (Å²) >= 11 is 6.11. The summed E-state index contributed by atoms with van der Waals surface area (Å²) in [6.45, 7) is 2.11. The van der Waals surface area contributed by atoms with Gasteiger partial charge in [-0.25, -0.2) is 4.98 Å². The molecule has 0 radical (unpaired) electrons. The molecular weight excluding hydrogens is 236 g/mol. The van der Waals surface area contributed by atoms with Crippen molar-refractivity contribution >= 4 is 28.3 Å². The number of nitrogens with zero attached hydrogens (tertiary/aromatic N) is 1. The van der Waals surface area contributed by atoms with Crippen LogP contribution >= 0.6 is 11.6 Å². The second kappa shape index (κ2) is 4.80. The lowest BCUT2D eigenvalue weighted by Crippen LogP contribution is -1.99. The van der Waals surface area contributed by atoms with Crippen molar-refractivity contribution in [2.75, 3.05) is 12.8 Å². The number of benzene rings is 1. The number of methoxy groups -OCH3 is 1. The molecular formula is C13H15ClN2O. The maximum Gasteiger partial charge on any atom is 0.128 e. The Labute approximate surface area is 106 Å². The Kier molecular flexibility index (Phi) is 3.38. The largest absolute Gasteiger partial charge is 0.496 e.